The molecular weight excluding hydrogens is 548 g/mol. The summed E-state index contributed by atoms with van der Waals surface area (Å²) in [4.78, 5) is 12.0. The van der Waals surface area contributed by atoms with Crippen molar-refractivity contribution < 1.29 is 0 Å². The van der Waals surface area contributed by atoms with Crippen LogP contribution in [0.15, 0.2) is 109 Å². The molecule has 0 radical (unpaired) electrons. The van der Waals surface area contributed by atoms with Gasteiger partial charge in [-0.3, -0.25) is 4.57 Å². The fraction of sp³-hybridized carbons (Fsp3) is 0.268. The highest BCUT2D eigenvalue weighted by Gasteiger charge is 2.38. The molecular formula is C41H42N4. The van der Waals surface area contributed by atoms with E-state index < -0.39 is 0 Å². The van der Waals surface area contributed by atoms with Gasteiger partial charge in [-0.05, 0) is 93.7 Å². The van der Waals surface area contributed by atoms with Gasteiger partial charge in [-0.25, -0.2) is 9.97 Å². The van der Waals surface area contributed by atoms with Crippen LogP contribution in [0.25, 0.3) is 28.2 Å². The number of hydrogen-bond acceptors (Lipinski definition) is 3. The molecule has 0 fully saturated rings. The van der Waals surface area contributed by atoms with Crippen molar-refractivity contribution >= 4 is 28.2 Å². The molecule has 6 aromatic rings. The minimum atomic E-state index is -0.156. The van der Waals surface area contributed by atoms with Crippen molar-refractivity contribution in [1.29, 1.82) is 0 Å². The van der Waals surface area contributed by atoms with Gasteiger partial charge in [-0.15, -0.1) is 0 Å². The number of hydrogen-bond donors (Lipinski definition) is 0. The van der Waals surface area contributed by atoms with Crippen LogP contribution in [0.2, 0.25) is 0 Å². The van der Waals surface area contributed by atoms with Crippen molar-refractivity contribution in [3.63, 3.8) is 0 Å². The molecule has 1 aliphatic heterocycles. The first-order valence-electron chi connectivity index (χ1n) is 15.9. The molecule has 2 aromatic heterocycles. The fourth-order valence-corrected chi connectivity index (χ4v) is 6.65. The lowest BCUT2D eigenvalue weighted by atomic mass is 9.70. The first-order chi connectivity index (χ1) is 21.3. The zero-order valence-corrected chi connectivity index (χ0v) is 27.7. The van der Waals surface area contributed by atoms with Crippen LogP contribution in [0.5, 0.6) is 0 Å². The maximum Gasteiger partial charge on any atom is 0.178 e. The third-order valence-electron chi connectivity index (χ3n) is 9.38. The van der Waals surface area contributed by atoms with Gasteiger partial charge in [0.05, 0.1) is 16.9 Å². The van der Waals surface area contributed by atoms with Crippen molar-refractivity contribution in [2.24, 2.45) is 0 Å². The molecule has 1 aliphatic rings. The molecule has 0 unspecified atom stereocenters. The fourth-order valence-electron chi connectivity index (χ4n) is 6.65. The quantitative estimate of drug-likeness (QED) is 0.206. The van der Waals surface area contributed by atoms with Crippen molar-refractivity contribution in [2.45, 2.75) is 71.6 Å². The SMILES string of the molecule is CC(C)(C)c1ccc2c(c1)C(C)(C)c1cc(C(C)(C)C)ccc1N2c1ccc(-c2nc3ncccc3n2-c2ccccc2)cc1. The monoisotopic (exact) mass is 590 g/mol. The Hall–Kier alpha value is -4.70. The van der Waals surface area contributed by atoms with Crippen LogP contribution in [0.3, 0.4) is 0 Å². The van der Waals surface area contributed by atoms with E-state index in [-0.39, 0.29) is 16.2 Å². The number of imidazole rings is 1. The Bertz CT molecular complexity index is 1970. The van der Waals surface area contributed by atoms with Gasteiger partial charge < -0.3 is 4.90 Å². The molecule has 4 nitrogen and oxygen atoms in total. The van der Waals surface area contributed by atoms with E-state index in [1.807, 2.05) is 12.1 Å². The van der Waals surface area contributed by atoms with E-state index in [1.165, 1.54) is 33.6 Å². The van der Waals surface area contributed by atoms with E-state index in [0.29, 0.717) is 0 Å². The molecule has 0 bridgehead atoms. The predicted octanol–water partition coefficient (Wildman–Crippen LogP) is 10.8. The highest BCUT2D eigenvalue weighted by molar-refractivity contribution is 5.87. The molecule has 0 aliphatic carbocycles. The zero-order chi connectivity index (χ0) is 31.7. The molecule has 0 saturated heterocycles. The Morgan fingerprint density at radius 1 is 0.600 bits per heavy atom. The summed E-state index contributed by atoms with van der Waals surface area (Å²) >= 11 is 0. The van der Waals surface area contributed by atoms with Crippen LogP contribution in [-0.4, -0.2) is 14.5 Å². The lowest BCUT2D eigenvalue weighted by Gasteiger charge is -2.43. The number of rotatable bonds is 3. The number of fused-ring (bicyclic) bond motifs is 3. The van der Waals surface area contributed by atoms with Crippen LogP contribution in [0.4, 0.5) is 17.1 Å². The van der Waals surface area contributed by atoms with Gasteiger partial charge in [0.2, 0.25) is 0 Å². The highest BCUT2D eigenvalue weighted by Crippen LogP contribution is 2.53. The summed E-state index contributed by atoms with van der Waals surface area (Å²) in [5, 5.41) is 0. The van der Waals surface area contributed by atoms with E-state index in [0.717, 1.165) is 33.9 Å². The molecule has 3 heterocycles. The molecule has 4 aromatic carbocycles. The Balaban J connectivity index is 1.40. The minimum absolute atomic E-state index is 0.0597. The molecule has 7 rings (SSSR count). The number of pyridine rings is 1. The number of anilines is 3. The van der Waals surface area contributed by atoms with Gasteiger partial charge in [-0.2, -0.15) is 0 Å². The molecule has 0 N–H and O–H groups in total. The first kappa shape index (κ1) is 29.0. The van der Waals surface area contributed by atoms with Gasteiger partial charge in [0.1, 0.15) is 5.82 Å². The normalized spacial score (nSPS) is 14.4. The third kappa shape index (κ3) is 4.84. The van der Waals surface area contributed by atoms with Gasteiger partial charge in [0.15, 0.2) is 5.65 Å². The van der Waals surface area contributed by atoms with Crippen LogP contribution in [0.1, 0.15) is 77.6 Å². The molecule has 0 spiro atoms. The molecule has 0 amide bonds. The van der Waals surface area contributed by atoms with E-state index in [1.54, 1.807) is 6.20 Å². The van der Waals surface area contributed by atoms with Crippen LogP contribution in [0, 0.1) is 0 Å². The standard InChI is InChI=1S/C41H42N4/c1-39(2,3)28-18-22-34-32(25-28)41(7,8)33-26-29(40(4,5)6)19-23-35(33)44(34)31-20-16-27(17-21-31)38-43-37-36(15-12-24-42-37)45(38)30-13-10-9-11-14-30/h9-26H,1-8H3. The summed E-state index contributed by atoms with van der Waals surface area (Å²) in [5.41, 5.74) is 12.8. The Kier molecular flexibility index (Phi) is 6.56. The summed E-state index contributed by atoms with van der Waals surface area (Å²) in [6.45, 7) is 18.5. The lowest BCUT2D eigenvalue weighted by molar-refractivity contribution is 0.573. The van der Waals surface area contributed by atoms with Crippen molar-refractivity contribution in [2.75, 3.05) is 4.90 Å². The van der Waals surface area contributed by atoms with E-state index >= 15 is 0 Å². The third-order valence-corrected chi connectivity index (χ3v) is 9.38. The number of aromatic nitrogens is 3. The molecule has 0 saturated carbocycles. The maximum absolute atomic E-state index is 5.00. The average Bonchev–Trinajstić information content (AvgIpc) is 3.40. The predicted molar refractivity (Wildman–Crippen MR) is 189 cm³/mol. The summed E-state index contributed by atoms with van der Waals surface area (Å²) in [6, 6.07) is 37.5. The molecule has 45 heavy (non-hydrogen) atoms. The topological polar surface area (TPSA) is 34.0 Å². The summed E-state index contributed by atoms with van der Waals surface area (Å²) in [6.07, 6.45) is 1.81. The Labute approximate surface area is 267 Å². The Morgan fingerprint density at radius 3 is 1.73 bits per heavy atom. The van der Waals surface area contributed by atoms with Gasteiger partial charge in [0, 0.05) is 28.6 Å². The largest absolute Gasteiger partial charge is 0.310 e. The summed E-state index contributed by atoms with van der Waals surface area (Å²) < 4.78 is 2.20. The van der Waals surface area contributed by atoms with E-state index in [9.17, 15) is 0 Å². The maximum atomic E-state index is 5.00. The lowest BCUT2D eigenvalue weighted by Crippen LogP contribution is -2.32. The van der Waals surface area contributed by atoms with Crippen molar-refractivity contribution in [3.8, 4) is 17.1 Å². The van der Waals surface area contributed by atoms with Gasteiger partial charge >= 0.3 is 0 Å². The van der Waals surface area contributed by atoms with Gasteiger partial charge in [-0.1, -0.05) is 97.9 Å². The highest BCUT2D eigenvalue weighted by atomic mass is 15.2. The van der Waals surface area contributed by atoms with Crippen LogP contribution in [-0.2, 0) is 16.2 Å². The smallest absolute Gasteiger partial charge is 0.178 e. The van der Waals surface area contributed by atoms with Crippen LogP contribution < -0.4 is 4.90 Å². The first-order valence-corrected chi connectivity index (χ1v) is 15.9. The minimum Gasteiger partial charge on any atom is -0.310 e. The molecule has 0 atom stereocenters. The summed E-state index contributed by atoms with van der Waals surface area (Å²) in [7, 11) is 0. The zero-order valence-electron chi connectivity index (χ0n) is 27.7. The molecule has 226 valence electrons. The molecule has 4 heteroatoms. The average molecular weight is 591 g/mol. The summed E-state index contributed by atoms with van der Waals surface area (Å²) in [5.74, 6) is 0.881. The van der Waals surface area contributed by atoms with E-state index in [2.05, 4.69) is 161 Å². The van der Waals surface area contributed by atoms with E-state index in [4.69, 9.17) is 4.98 Å². The number of nitrogens with zero attached hydrogens (tertiary/aromatic N) is 4. The number of para-hydroxylation sites is 1. The second-order valence-corrected chi connectivity index (χ2v) is 14.9. The second-order valence-electron chi connectivity index (χ2n) is 14.9. The Morgan fingerprint density at radius 2 is 1.18 bits per heavy atom. The van der Waals surface area contributed by atoms with Gasteiger partial charge in [0.25, 0.3) is 0 Å². The van der Waals surface area contributed by atoms with Crippen LogP contribution >= 0.6 is 0 Å². The number of benzene rings is 4. The van der Waals surface area contributed by atoms with Crippen molar-refractivity contribution in [3.05, 3.63) is 132 Å². The van der Waals surface area contributed by atoms with Crippen molar-refractivity contribution in [1.82, 2.24) is 14.5 Å². The second kappa shape index (κ2) is 10.2.